The molecule has 1 fully saturated rings. The second-order valence-electron chi connectivity index (χ2n) is 8.76. The maximum Gasteiger partial charge on any atom is 1.00 e. The van der Waals surface area contributed by atoms with Crippen LogP contribution in [0.1, 0.15) is 22.3 Å². The number of hydrogen-bond acceptors (Lipinski definition) is 9. The van der Waals surface area contributed by atoms with E-state index in [9.17, 15) is 48.0 Å². The first-order chi connectivity index (χ1) is 18.5. The van der Waals surface area contributed by atoms with Gasteiger partial charge in [-0.3, -0.25) is 9.59 Å². The molecule has 1 heterocycles. The van der Waals surface area contributed by atoms with Crippen LogP contribution in [0.4, 0.5) is 13.2 Å². The number of halogens is 3. The van der Waals surface area contributed by atoms with Gasteiger partial charge in [-0.05, 0) is 18.2 Å². The van der Waals surface area contributed by atoms with Crippen LogP contribution in [0.15, 0.2) is 48.5 Å². The number of nitrogens with one attached hydrogen (secondary N) is 2. The number of rotatable bonds is 11. The van der Waals surface area contributed by atoms with Gasteiger partial charge in [0.25, 0.3) is 11.8 Å². The standard InChI is InChI=1S/C25H27F3N2O9.Na/c26-10-18(33)30-20-16(31)9-25(24(36)37,38-12-14-7-4-8-15(27)19(14)28)39-22(20)21(34)17(32)11-29-23(35)13-5-2-1-3-6-13;/h1-8,16-17,20-22,31-32,34H,9-12H2,(H,29,35)(H,30,33)(H,36,37);/q;+1/p-1/t16-,17+,20+,21+,22+,25+;/m0./s1. The van der Waals surface area contributed by atoms with Gasteiger partial charge < -0.3 is 45.3 Å². The van der Waals surface area contributed by atoms with Gasteiger partial charge in [0, 0.05) is 24.1 Å². The molecule has 1 aliphatic rings. The number of carboxylic acids is 1. The topological polar surface area (TPSA) is 177 Å². The molecule has 212 valence electrons. The van der Waals surface area contributed by atoms with Gasteiger partial charge in [0.1, 0.15) is 18.2 Å². The fourth-order valence-electron chi connectivity index (χ4n) is 4.01. The zero-order valence-corrected chi connectivity index (χ0v) is 23.3. The molecule has 6 atom stereocenters. The van der Waals surface area contributed by atoms with Crippen LogP contribution < -0.4 is 45.3 Å². The van der Waals surface area contributed by atoms with Crippen molar-refractivity contribution in [2.75, 3.05) is 13.2 Å². The van der Waals surface area contributed by atoms with Crippen molar-refractivity contribution in [3.05, 3.63) is 71.3 Å². The van der Waals surface area contributed by atoms with E-state index >= 15 is 0 Å². The number of alkyl halides is 1. The van der Waals surface area contributed by atoms with E-state index < -0.39 is 97.5 Å². The Balaban J connectivity index is 0.00000560. The van der Waals surface area contributed by atoms with Gasteiger partial charge >= 0.3 is 29.6 Å². The summed E-state index contributed by atoms with van der Waals surface area (Å²) in [6, 6.07) is 9.19. The SMILES string of the molecule is O=C(CF)N[C@H]1[C@H]([C@H](O)[C@H](O)CNC(=O)c2ccccc2)O[C@@](OCc2cccc(F)c2F)(C(=O)[O-])C[C@@H]1O.[Na+]. The van der Waals surface area contributed by atoms with Gasteiger partial charge in [0.05, 0.1) is 24.9 Å². The largest absolute Gasteiger partial charge is 1.00 e. The molecule has 0 bridgehead atoms. The molecular weight excluding hydrogens is 552 g/mol. The zero-order valence-electron chi connectivity index (χ0n) is 21.3. The molecule has 0 aliphatic carbocycles. The van der Waals surface area contributed by atoms with E-state index in [1.807, 2.05) is 5.32 Å². The van der Waals surface area contributed by atoms with Crippen molar-refractivity contribution in [1.29, 1.82) is 0 Å². The molecule has 40 heavy (non-hydrogen) atoms. The van der Waals surface area contributed by atoms with E-state index in [1.54, 1.807) is 18.2 Å². The van der Waals surface area contributed by atoms with E-state index in [1.165, 1.54) is 12.1 Å². The second-order valence-corrected chi connectivity index (χ2v) is 8.76. The Morgan fingerprint density at radius 2 is 1.80 bits per heavy atom. The fourth-order valence-corrected chi connectivity index (χ4v) is 4.01. The fraction of sp³-hybridized carbons (Fsp3) is 0.400. The van der Waals surface area contributed by atoms with Gasteiger partial charge in [0.2, 0.25) is 5.79 Å². The molecule has 0 radical (unpaired) electrons. The van der Waals surface area contributed by atoms with E-state index in [-0.39, 0.29) is 35.1 Å². The maximum atomic E-state index is 14.1. The quantitative estimate of drug-likeness (QED) is 0.165. The molecule has 15 heteroatoms. The Kier molecular flexibility index (Phi) is 12.5. The third-order valence-corrected chi connectivity index (χ3v) is 6.06. The minimum absolute atomic E-state index is 0. The second kappa shape index (κ2) is 14.9. The van der Waals surface area contributed by atoms with Crippen LogP contribution in [-0.4, -0.2) is 82.6 Å². The summed E-state index contributed by atoms with van der Waals surface area (Å²) in [5.41, 5.74) is -0.187. The first-order valence-electron chi connectivity index (χ1n) is 11.7. The van der Waals surface area contributed by atoms with Crippen molar-refractivity contribution in [2.45, 2.75) is 49.3 Å². The average Bonchev–Trinajstić information content (AvgIpc) is 2.93. The minimum Gasteiger partial charge on any atom is -0.544 e. The van der Waals surface area contributed by atoms with E-state index in [0.29, 0.717) is 0 Å². The molecule has 2 aromatic carbocycles. The first-order valence-corrected chi connectivity index (χ1v) is 11.7. The molecule has 0 spiro atoms. The molecule has 2 amide bonds. The summed E-state index contributed by atoms with van der Waals surface area (Å²) >= 11 is 0. The number of carbonyl (C=O) groups is 3. The molecule has 1 saturated heterocycles. The molecule has 0 unspecified atom stereocenters. The number of amides is 2. The Hall–Kier alpha value is -2.56. The van der Waals surface area contributed by atoms with Crippen LogP contribution in [0.3, 0.4) is 0 Å². The molecular formula is C25H26F3N2NaO9. The summed E-state index contributed by atoms with van der Waals surface area (Å²) < 4.78 is 51.2. The van der Waals surface area contributed by atoms with Crippen molar-refractivity contribution in [3.8, 4) is 0 Å². The van der Waals surface area contributed by atoms with Crippen LogP contribution in [0.2, 0.25) is 0 Å². The molecule has 0 aromatic heterocycles. The van der Waals surface area contributed by atoms with Crippen LogP contribution in [-0.2, 0) is 25.7 Å². The molecule has 0 saturated carbocycles. The predicted octanol–water partition coefficient (Wildman–Crippen LogP) is -4.31. The van der Waals surface area contributed by atoms with Gasteiger partial charge in [-0.25, -0.2) is 13.2 Å². The van der Waals surface area contributed by atoms with Gasteiger partial charge in [0.15, 0.2) is 18.3 Å². The van der Waals surface area contributed by atoms with Crippen LogP contribution in [0, 0.1) is 11.6 Å². The molecule has 1 aliphatic heterocycles. The van der Waals surface area contributed by atoms with E-state index in [4.69, 9.17) is 9.47 Å². The molecule has 2 aromatic rings. The Morgan fingerprint density at radius 3 is 2.42 bits per heavy atom. The monoisotopic (exact) mass is 578 g/mol. The molecule has 5 N–H and O–H groups in total. The summed E-state index contributed by atoms with van der Waals surface area (Å²) in [4.78, 5) is 36.1. The number of aliphatic hydroxyl groups excluding tert-OH is 3. The normalized spacial score (nSPS) is 23.8. The number of carboxylic acid groups (broad SMARTS) is 1. The summed E-state index contributed by atoms with van der Waals surface area (Å²) in [6.07, 6.45) is -8.77. The van der Waals surface area contributed by atoms with Crippen LogP contribution >= 0.6 is 0 Å². The van der Waals surface area contributed by atoms with Gasteiger partial charge in [-0.2, -0.15) is 0 Å². The minimum atomic E-state index is -2.88. The van der Waals surface area contributed by atoms with Crippen molar-refractivity contribution in [1.82, 2.24) is 10.6 Å². The maximum absolute atomic E-state index is 14.1. The van der Waals surface area contributed by atoms with Crippen molar-refractivity contribution < 1.29 is 87.0 Å². The first kappa shape index (κ1) is 33.6. The Bertz CT molecular complexity index is 1180. The Morgan fingerprint density at radius 1 is 1.12 bits per heavy atom. The zero-order chi connectivity index (χ0) is 28.7. The number of ether oxygens (including phenoxy) is 2. The third kappa shape index (κ3) is 8.01. The van der Waals surface area contributed by atoms with Gasteiger partial charge in [-0.1, -0.05) is 30.3 Å². The number of benzene rings is 2. The Labute approximate surface area is 248 Å². The molecule has 3 rings (SSSR count). The van der Waals surface area contributed by atoms with Crippen LogP contribution in [0.25, 0.3) is 0 Å². The number of aliphatic carboxylic acids is 1. The van der Waals surface area contributed by atoms with Crippen LogP contribution in [0.5, 0.6) is 0 Å². The van der Waals surface area contributed by atoms with Crippen molar-refractivity contribution in [2.24, 2.45) is 0 Å². The van der Waals surface area contributed by atoms with Crippen molar-refractivity contribution >= 4 is 17.8 Å². The summed E-state index contributed by atoms with van der Waals surface area (Å²) in [6.45, 7) is -3.02. The predicted molar refractivity (Wildman–Crippen MR) is 123 cm³/mol. The molecule has 11 nitrogen and oxygen atoms in total. The summed E-state index contributed by atoms with van der Waals surface area (Å²) in [7, 11) is 0. The average molecular weight is 578 g/mol. The van der Waals surface area contributed by atoms with Crippen molar-refractivity contribution in [3.63, 3.8) is 0 Å². The van der Waals surface area contributed by atoms with E-state index in [0.717, 1.165) is 18.2 Å². The number of hydrogen-bond donors (Lipinski definition) is 5. The van der Waals surface area contributed by atoms with E-state index in [2.05, 4.69) is 5.32 Å². The van der Waals surface area contributed by atoms with Gasteiger partial charge in [-0.15, -0.1) is 0 Å². The summed E-state index contributed by atoms with van der Waals surface area (Å²) in [5, 5.41) is 48.5. The summed E-state index contributed by atoms with van der Waals surface area (Å²) in [5.74, 6) is -9.43. The number of aliphatic hydroxyl groups is 3. The smallest absolute Gasteiger partial charge is 0.544 e. The number of carbonyl (C=O) groups excluding carboxylic acids is 3. The third-order valence-electron chi connectivity index (χ3n) is 6.06.